The first kappa shape index (κ1) is 35.0. The number of carbonyl (C=O) groups is 1. The molecular weight excluding hydrogens is 601 g/mol. The minimum Gasteiger partial charge on any atom is -0.395 e. The second-order valence-electron chi connectivity index (χ2n) is 6.65. The van der Waals surface area contributed by atoms with Crippen molar-refractivity contribution in [3.05, 3.63) is 0 Å². The van der Waals surface area contributed by atoms with Crippen LogP contribution in [0.1, 0.15) is 0 Å². The number of hydrogen-bond acceptors (Lipinski definition) is 2. The molecule has 0 aromatic heterocycles. The van der Waals surface area contributed by atoms with Crippen molar-refractivity contribution in [3.63, 3.8) is 0 Å². The smallest absolute Gasteiger partial charge is 0.395 e. The summed E-state index contributed by atoms with van der Waals surface area (Å²) in [6.45, 7) is -3.05. The van der Waals surface area contributed by atoms with E-state index in [-0.39, 0.29) is 0 Å². The average Bonchev–Trinajstić information content (AvgIpc) is 2.69. The highest BCUT2D eigenvalue weighted by Crippen LogP contribution is 2.66. The standard InChI is InChI=1S/C13H6F21NO2/c14-4(15,3(37)35-1-2-36)5(16,17)6(18,19)7(20,21)8(22,23)9(24,25)10(26,27)11(28,29)12(30,31)13(32,33)34/h36H,1-2H2,(H,35,37). The van der Waals surface area contributed by atoms with Gasteiger partial charge in [-0.05, 0) is 0 Å². The zero-order valence-corrected chi connectivity index (χ0v) is 16.2. The van der Waals surface area contributed by atoms with Crippen LogP contribution in [0.25, 0.3) is 0 Å². The van der Waals surface area contributed by atoms with Crippen molar-refractivity contribution >= 4 is 5.91 Å². The van der Waals surface area contributed by atoms with Crippen LogP contribution in [-0.4, -0.2) is 83.6 Å². The Hall–Kier alpha value is -2.04. The van der Waals surface area contributed by atoms with Gasteiger partial charge >= 0.3 is 59.5 Å². The molecule has 0 saturated heterocycles. The van der Waals surface area contributed by atoms with Crippen molar-refractivity contribution in [1.29, 1.82) is 0 Å². The van der Waals surface area contributed by atoms with Crippen molar-refractivity contribution in [2.24, 2.45) is 0 Å². The molecule has 0 aliphatic heterocycles. The molecule has 37 heavy (non-hydrogen) atoms. The molecular formula is C13H6F21NO2. The Balaban J connectivity index is 7.03. The number of rotatable bonds is 11. The summed E-state index contributed by atoms with van der Waals surface area (Å²) in [6, 6.07) is 0. The zero-order chi connectivity index (χ0) is 30.7. The van der Waals surface area contributed by atoms with E-state index in [1.807, 2.05) is 0 Å². The molecule has 0 spiro atoms. The summed E-state index contributed by atoms with van der Waals surface area (Å²) in [5, 5.41) is 8.57. The summed E-state index contributed by atoms with van der Waals surface area (Å²) in [7, 11) is 0. The highest BCUT2D eigenvalue weighted by molar-refractivity contribution is 5.84. The third-order valence-corrected chi connectivity index (χ3v) is 4.19. The van der Waals surface area contributed by atoms with Gasteiger partial charge in [-0.25, -0.2) is 0 Å². The molecule has 0 saturated carbocycles. The molecule has 0 heterocycles. The van der Waals surface area contributed by atoms with Gasteiger partial charge < -0.3 is 10.4 Å². The molecule has 0 bridgehead atoms. The van der Waals surface area contributed by atoms with Gasteiger partial charge in [-0.15, -0.1) is 0 Å². The Morgan fingerprint density at radius 1 is 0.459 bits per heavy atom. The van der Waals surface area contributed by atoms with Gasteiger partial charge in [0.15, 0.2) is 0 Å². The van der Waals surface area contributed by atoms with Crippen molar-refractivity contribution in [2.45, 2.75) is 59.5 Å². The number of halogens is 21. The quantitative estimate of drug-likeness (QED) is 0.311. The van der Waals surface area contributed by atoms with Gasteiger partial charge in [0.1, 0.15) is 0 Å². The van der Waals surface area contributed by atoms with Crippen LogP contribution in [0.5, 0.6) is 0 Å². The molecule has 0 rings (SSSR count). The first-order valence-corrected chi connectivity index (χ1v) is 8.09. The topological polar surface area (TPSA) is 49.3 Å². The summed E-state index contributed by atoms with van der Waals surface area (Å²) < 4.78 is 275. The summed E-state index contributed by atoms with van der Waals surface area (Å²) >= 11 is 0. The molecule has 0 aromatic carbocycles. The molecule has 0 aromatic rings. The highest BCUT2D eigenvalue weighted by Gasteiger charge is 2.98. The van der Waals surface area contributed by atoms with Gasteiger partial charge in [-0.3, -0.25) is 4.79 Å². The van der Waals surface area contributed by atoms with E-state index >= 15 is 0 Å². The Kier molecular flexibility index (Phi) is 8.52. The number of alkyl halides is 21. The third kappa shape index (κ3) is 4.38. The summed E-state index contributed by atoms with van der Waals surface area (Å²) in [5.41, 5.74) is 0. The maximum atomic E-state index is 13.5. The summed E-state index contributed by atoms with van der Waals surface area (Å²) in [5.74, 6) is -82.6. The fourth-order valence-corrected chi connectivity index (χ4v) is 1.98. The van der Waals surface area contributed by atoms with Crippen LogP contribution in [0.2, 0.25) is 0 Å². The Morgan fingerprint density at radius 2 is 0.703 bits per heavy atom. The van der Waals surface area contributed by atoms with E-state index in [4.69, 9.17) is 5.11 Å². The molecule has 24 heteroatoms. The molecule has 0 aliphatic carbocycles. The number of aliphatic hydroxyl groups is 1. The maximum absolute atomic E-state index is 13.5. The van der Waals surface area contributed by atoms with Gasteiger partial charge in [-0.1, -0.05) is 0 Å². The first-order valence-electron chi connectivity index (χ1n) is 8.09. The number of hydrogen-bond donors (Lipinski definition) is 2. The predicted octanol–water partition coefficient (Wildman–Crippen LogP) is 5.37. The van der Waals surface area contributed by atoms with Crippen molar-refractivity contribution in [3.8, 4) is 0 Å². The Bertz CT molecular complexity index is 844. The van der Waals surface area contributed by atoms with Crippen molar-refractivity contribution in [1.82, 2.24) is 5.32 Å². The SMILES string of the molecule is O=C(NCCO)C(F)(F)C(F)(F)C(F)(F)C(F)(F)C(F)(F)C(F)(F)C(F)(F)C(F)(F)C(F)(F)C(F)(F)F. The first-order chi connectivity index (χ1) is 15.7. The monoisotopic (exact) mass is 607 g/mol. The zero-order valence-electron chi connectivity index (χ0n) is 16.2. The summed E-state index contributed by atoms with van der Waals surface area (Å²) in [6.07, 6.45) is -8.05. The van der Waals surface area contributed by atoms with Gasteiger partial charge in [-0.2, -0.15) is 92.2 Å². The molecule has 0 atom stereocenters. The van der Waals surface area contributed by atoms with Gasteiger partial charge in [0, 0.05) is 6.54 Å². The van der Waals surface area contributed by atoms with Gasteiger partial charge in [0.2, 0.25) is 0 Å². The minimum atomic E-state index is -9.27. The molecule has 222 valence electrons. The van der Waals surface area contributed by atoms with E-state index in [1.54, 1.807) is 0 Å². The molecule has 3 nitrogen and oxygen atoms in total. The van der Waals surface area contributed by atoms with E-state index in [0.717, 1.165) is 0 Å². The Labute approximate surface area is 187 Å². The van der Waals surface area contributed by atoms with Crippen molar-refractivity contribution in [2.75, 3.05) is 13.2 Å². The van der Waals surface area contributed by atoms with Crippen molar-refractivity contribution < 1.29 is 102 Å². The van der Waals surface area contributed by atoms with Crippen LogP contribution in [0.3, 0.4) is 0 Å². The molecule has 0 unspecified atom stereocenters. The lowest BCUT2D eigenvalue weighted by atomic mass is 9.86. The molecule has 2 N–H and O–H groups in total. The van der Waals surface area contributed by atoms with E-state index in [0.29, 0.717) is 5.32 Å². The van der Waals surface area contributed by atoms with Crippen LogP contribution in [0.4, 0.5) is 92.2 Å². The number of amides is 1. The number of aliphatic hydroxyl groups excluding tert-OH is 1. The minimum absolute atomic E-state index is 0.404. The van der Waals surface area contributed by atoms with Crippen LogP contribution >= 0.6 is 0 Å². The second kappa shape index (κ2) is 9.02. The lowest BCUT2D eigenvalue weighted by Gasteiger charge is -2.44. The molecule has 0 radical (unpaired) electrons. The third-order valence-electron chi connectivity index (χ3n) is 4.19. The second-order valence-corrected chi connectivity index (χ2v) is 6.65. The number of nitrogens with one attached hydrogen (secondary N) is 1. The fraction of sp³-hybridized carbons (Fsp3) is 0.923. The van der Waals surface area contributed by atoms with E-state index < -0.39 is 78.5 Å². The Morgan fingerprint density at radius 3 is 0.946 bits per heavy atom. The molecule has 0 aliphatic rings. The summed E-state index contributed by atoms with van der Waals surface area (Å²) in [4.78, 5) is 10.8. The number of carbonyl (C=O) groups excluding carboxylic acids is 1. The van der Waals surface area contributed by atoms with Crippen LogP contribution in [0.15, 0.2) is 0 Å². The van der Waals surface area contributed by atoms with Gasteiger partial charge in [0.25, 0.3) is 5.91 Å². The lowest BCUT2D eigenvalue weighted by Crippen LogP contribution is -2.77. The van der Waals surface area contributed by atoms with Crippen LogP contribution in [-0.2, 0) is 4.79 Å². The van der Waals surface area contributed by atoms with E-state index in [1.165, 1.54) is 0 Å². The van der Waals surface area contributed by atoms with Gasteiger partial charge in [0.05, 0.1) is 6.61 Å². The highest BCUT2D eigenvalue weighted by atomic mass is 19.4. The van der Waals surface area contributed by atoms with E-state index in [2.05, 4.69) is 0 Å². The maximum Gasteiger partial charge on any atom is 0.460 e. The van der Waals surface area contributed by atoms with Crippen LogP contribution in [0, 0.1) is 0 Å². The predicted molar refractivity (Wildman–Crippen MR) is 70.7 cm³/mol. The molecule has 0 fully saturated rings. The fourth-order valence-electron chi connectivity index (χ4n) is 1.98. The van der Waals surface area contributed by atoms with E-state index in [9.17, 15) is 97.0 Å². The average molecular weight is 607 g/mol. The lowest BCUT2D eigenvalue weighted by molar-refractivity contribution is -0.472. The normalized spacial score (nSPS) is 16.2. The molecule has 1 amide bonds. The van der Waals surface area contributed by atoms with Crippen LogP contribution < -0.4 is 5.32 Å². The largest absolute Gasteiger partial charge is 0.460 e.